The van der Waals surface area contributed by atoms with Gasteiger partial charge in [0, 0.05) is 31.9 Å². The number of benzene rings is 2. The fourth-order valence-electron chi connectivity index (χ4n) is 3.06. The van der Waals surface area contributed by atoms with Gasteiger partial charge in [-0.15, -0.1) is 0 Å². The van der Waals surface area contributed by atoms with Gasteiger partial charge >= 0.3 is 0 Å². The van der Waals surface area contributed by atoms with Crippen molar-refractivity contribution >= 4 is 15.5 Å². The zero-order valence-corrected chi connectivity index (χ0v) is 16.1. The fraction of sp³-hybridized carbons (Fsp3) is 0.400. The Labute approximate surface area is 160 Å². The quantitative estimate of drug-likeness (QED) is 0.710. The lowest BCUT2D eigenvalue weighted by Crippen LogP contribution is -2.41. The molecule has 6 nitrogen and oxygen atoms in total. The van der Waals surface area contributed by atoms with Gasteiger partial charge in [-0.05, 0) is 23.8 Å². The molecule has 7 heteroatoms. The van der Waals surface area contributed by atoms with Crippen LogP contribution in [0, 0.1) is 0 Å². The first-order valence-electron chi connectivity index (χ1n) is 9.13. The second kappa shape index (κ2) is 9.21. The van der Waals surface area contributed by atoms with Gasteiger partial charge < -0.3 is 20.1 Å². The number of hydrogen-bond acceptors (Lipinski definition) is 6. The van der Waals surface area contributed by atoms with Crippen LogP contribution in [0.15, 0.2) is 54.6 Å². The van der Waals surface area contributed by atoms with E-state index < -0.39 is 15.9 Å². The Hall–Kier alpha value is -2.09. The summed E-state index contributed by atoms with van der Waals surface area (Å²) in [5, 5.41) is 13.4. The van der Waals surface area contributed by atoms with Crippen molar-refractivity contribution < 1.29 is 18.3 Å². The first-order valence-corrected chi connectivity index (χ1v) is 11.0. The van der Waals surface area contributed by atoms with E-state index in [0.717, 1.165) is 17.0 Å². The molecule has 0 radical (unpaired) electrons. The standard InChI is InChI=1S/C20H26N2O4S/c23-18(16-26-19-7-2-1-3-8-19)15-21-14-17-6-4-5-9-20(17)22-10-12-27(24,25)13-11-22/h1-9,18,21,23H,10-16H2. The molecule has 2 N–H and O–H groups in total. The van der Waals surface area contributed by atoms with Crippen LogP contribution in [0.3, 0.4) is 0 Å². The maximum absolute atomic E-state index is 11.6. The summed E-state index contributed by atoms with van der Waals surface area (Å²) >= 11 is 0. The van der Waals surface area contributed by atoms with E-state index in [4.69, 9.17) is 4.74 Å². The van der Waals surface area contributed by atoms with Gasteiger partial charge in [0.15, 0.2) is 9.84 Å². The van der Waals surface area contributed by atoms with Crippen molar-refractivity contribution in [2.45, 2.75) is 12.6 Å². The monoisotopic (exact) mass is 390 g/mol. The van der Waals surface area contributed by atoms with Gasteiger partial charge in [0.1, 0.15) is 18.5 Å². The smallest absolute Gasteiger partial charge is 0.153 e. The Morgan fingerprint density at radius 3 is 2.44 bits per heavy atom. The minimum absolute atomic E-state index is 0.199. The van der Waals surface area contributed by atoms with Gasteiger partial charge in [-0.25, -0.2) is 8.42 Å². The summed E-state index contributed by atoms with van der Waals surface area (Å²) < 4.78 is 28.8. The third kappa shape index (κ3) is 5.95. The third-order valence-corrected chi connectivity index (χ3v) is 6.17. The Kier molecular flexibility index (Phi) is 6.71. The van der Waals surface area contributed by atoms with Gasteiger partial charge in [-0.2, -0.15) is 0 Å². The van der Waals surface area contributed by atoms with E-state index in [-0.39, 0.29) is 18.1 Å². The molecule has 1 heterocycles. The number of ether oxygens (including phenoxy) is 1. The van der Waals surface area contributed by atoms with Crippen molar-refractivity contribution in [3.05, 3.63) is 60.2 Å². The summed E-state index contributed by atoms with van der Waals surface area (Å²) in [6.07, 6.45) is -0.613. The molecule has 0 bridgehead atoms. The molecule has 1 fully saturated rings. The second-order valence-corrected chi connectivity index (χ2v) is 8.98. The van der Waals surface area contributed by atoms with Crippen molar-refractivity contribution in [1.29, 1.82) is 0 Å². The van der Waals surface area contributed by atoms with Gasteiger partial charge in [0.2, 0.25) is 0 Å². The molecule has 1 aliphatic rings. The van der Waals surface area contributed by atoms with Crippen LogP contribution in [0.5, 0.6) is 5.75 Å². The normalized spacial score (nSPS) is 17.4. The first kappa shape index (κ1) is 19.7. The summed E-state index contributed by atoms with van der Waals surface area (Å²) in [6, 6.07) is 17.4. The molecule has 2 aromatic rings. The van der Waals surface area contributed by atoms with E-state index in [0.29, 0.717) is 26.2 Å². The highest BCUT2D eigenvalue weighted by Crippen LogP contribution is 2.22. The van der Waals surface area contributed by atoms with Crippen molar-refractivity contribution in [2.75, 3.05) is 42.6 Å². The summed E-state index contributed by atoms with van der Waals surface area (Å²) in [4.78, 5) is 2.12. The molecule has 1 aliphatic heterocycles. The van der Waals surface area contributed by atoms with Crippen LogP contribution in [-0.4, -0.2) is 57.4 Å². The number of hydrogen-bond donors (Lipinski definition) is 2. The Balaban J connectivity index is 1.48. The van der Waals surface area contributed by atoms with Gasteiger partial charge in [0.25, 0.3) is 0 Å². The Bertz CT molecular complexity index is 813. The average Bonchev–Trinajstić information content (AvgIpc) is 2.68. The Morgan fingerprint density at radius 2 is 1.70 bits per heavy atom. The van der Waals surface area contributed by atoms with E-state index in [1.807, 2.05) is 54.6 Å². The van der Waals surface area contributed by atoms with Gasteiger partial charge in [0.05, 0.1) is 11.5 Å². The molecule has 1 unspecified atom stereocenters. The van der Waals surface area contributed by atoms with E-state index in [9.17, 15) is 13.5 Å². The van der Waals surface area contributed by atoms with Crippen LogP contribution < -0.4 is 15.0 Å². The van der Waals surface area contributed by atoms with Gasteiger partial charge in [-0.3, -0.25) is 0 Å². The molecule has 146 valence electrons. The SMILES string of the molecule is O=S1(=O)CCN(c2ccccc2CNCC(O)COc2ccccc2)CC1. The average molecular weight is 391 g/mol. The van der Waals surface area contributed by atoms with Crippen LogP contribution in [-0.2, 0) is 16.4 Å². The highest BCUT2D eigenvalue weighted by Gasteiger charge is 2.23. The highest BCUT2D eigenvalue weighted by atomic mass is 32.2. The largest absolute Gasteiger partial charge is 0.491 e. The molecule has 27 heavy (non-hydrogen) atoms. The number of para-hydroxylation sites is 2. The minimum Gasteiger partial charge on any atom is -0.491 e. The number of nitrogens with zero attached hydrogens (tertiary/aromatic N) is 1. The number of aliphatic hydroxyl groups is 1. The molecule has 2 aromatic carbocycles. The zero-order chi connectivity index (χ0) is 19.1. The van der Waals surface area contributed by atoms with Crippen LogP contribution in [0.4, 0.5) is 5.69 Å². The summed E-state index contributed by atoms with van der Waals surface area (Å²) in [5.74, 6) is 1.14. The fourth-order valence-corrected chi connectivity index (χ4v) is 4.26. The highest BCUT2D eigenvalue weighted by molar-refractivity contribution is 7.91. The van der Waals surface area contributed by atoms with Crippen molar-refractivity contribution in [2.24, 2.45) is 0 Å². The Morgan fingerprint density at radius 1 is 1.04 bits per heavy atom. The topological polar surface area (TPSA) is 78.9 Å². The molecule has 0 aliphatic carbocycles. The maximum atomic E-state index is 11.6. The van der Waals surface area contributed by atoms with E-state index >= 15 is 0 Å². The summed E-state index contributed by atoms with van der Waals surface area (Å²) in [6.45, 7) is 2.28. The van der Waals surface area contributed by atoms with Crippen LogP contribution >= 0.6 is 0 Å². The lowest BCUT2D eigenvalue weighted by molar-refractivity contribution is 0.106. The second-order valence-electron chi connectivity index (χ2n) is 6.68. The van der Waals surface area contributed by atoms with Gasteiger partial charge in [-0.1, -0.05) is 36.4 Å². The van der Waals surface area contributed by atoms with Crippen molar-refractivity contribution in [3.8, 4) is 5.75 Å². The molecule has 3 rings (SSSR count). The van der Waals surface area contributed by atoms with E-state index in [1.165, 1.54) is 0 Å². The predicted molar refractivity (Wildman–Crippen MR) is 107 cm³/mol. The van der Waals surface area contributed by atoms with Crippen LogP contribution in [0.25, 0.3) is 0 Å². The van der Waals surface area contributed by atoms with Crippen molar-refractivity contribution in [3.63, 3.8) is 0 Å². The summed E-state index contributed by atoms with van der Waals surface area (Å²) in [5.41, 5.74) is 2.14. The number of aliphatic hydroxyl groups excluding tert-OH is 1. The predicted octanol–water partition coefficient (Wildman–Crippen LogP) is 1.45. The molecular weight excluding hydrogens is 364 g/mol. The lowest BCUT2D eigenvalue weighted by atomic mass is 10.1. The van der Waals surface area contributed by atoms with Crippen LogP contribution in [0.1, 0.15) is 5.56 Å². The van der Waals surface area contributed by atoms with E-state index in [1.54, 1.807) is 0 Å². The first-order chi connectivity index (χ1) is 13.0. The molecule has 0 saturated carbocycles. The molecule has 1 atom stereocenters. The maximum Gasteiger partial charge on any atom is 0.153 e. The molecular formula is C20H26N2O4S. The third-order valence-electron chi connectivity index (χ3n) is 4.56. The molecule has 0 spiro atoms. The zero-order valence-electron chi connectivity index (χ0n) is 15.3. The number of anilines is 1. The number of sulfone groups is 1. The number of rotatable bonds is 8. The lowest BCUT2D eigenvalue weighted by Gasteiger charge is -2.30. The minimum atomic E-state index is -2.90. The molecule has 0 amide bonds. The van der Waals surface area contributed by atoms with E-state index in [2.05, 4.69) is 10.2 Å². The van der Waals surface area contributed by atoms with Crippen LogP contribution in [0.2, 0.25) is 0 Å². The molecule has 1 saturated heterocycles. The van der Waals surface area contributed by atoms with Crippen molar-refractivity contribution in [1.82, 2.24) is 5.32 Å². The summed E-state index contributed by atoms with van der Waals surface area (Å²) in [7, 11) is -2.90. The molecule has 0 aromatic heterocycles. The number of nitrogens with one attached hydrogen (secondary N) is 1.